The third kappa shape index (κ3) is 7.83. The van der Waals surface area contributed by atoms with Gasteiger partial charge in [0.25, 0.3) is 0 Å². The van der Waals surface area contributed by atoms with E-state index in [4.69, 9.17) is 13.9 Å². The Hall–Kier alpha value is -3.23. The Morgan fingerprint density at radius 3 is 2.35 bits per heavy atom. The fraction of sp³-hybridized carbons (Fsp3) is 0.676. The zero-order valence-electron chi connectivity index (χ0n) is 27.9. The maximum atomic E-state index is 14.2. The molecule has 1 saturated heterocycles. The number of ether oxygens (including phenoxy) is 2. The summed E-state index contributed by atoms with van der Waals surface area (Å²) in [4.78, 5) is 54.5. The van der Waals surface area contributed by atoms with Crippen molar-refractivity contribution >= 4 is 34.6 Å². The van der Waals surface area contributed by atoms with Crippen molar-refractivity contribution in [3.8, 4) is 0 Å². The Morgan fingerprint density at radius 2 is 1.67 bits per heavy atom. The van der Waals surface area contributed by atoms with Gasteiger partial charge in [-0.25, -0.2) is 4.79 Å². The summed E-state index contributed by atoms with van der Waals surface area (Å²) >= 11 is 0. The van der Waals surface area contributed by atoms with E-state index in [0.29, 0.717) is 29.3 Å². The first-order valence-electron chi connectivity index (χ1n) is 17.2. The van der Waals surface area contributed by atoms with Crippen LogP contribution in [0.25, 0.3) is 11.0 Å². The van der Waals surface area contributed by atoms with Gasteiger partial charge in [-0.2, -0.15) is 0 Å². The predicted molar refractivity (Wildman–Crippen MR) is 172 cm³/mol. The second kappa shape index (κ2) is 14.7. The van der Waals surface area contributed by atoms with E-state index in [1.54, 1.807) is 32.9 Å². The minimum atomic E-state index is -0.751. The molecule has 2 saturated carbocycles. The molecule has 9 heteroatoms. The maximum Gasteiger partial charge on any atom is 0.377 e. The highest BCUT2D eigenvalue weighted by molar-refractivity contribution is 5.94. The quantitative estimate of drug-likeness (QED) is 0.196. The molecule has 46 heavy (non-hydrogen) atoms. The van der Waals surface area contributed by atoms with Crippen LogP contribution in [0.15, 0.2) is 28.7 Å². The largest absolute Gasteiger partial charge is 0.449 e. The average Bonchev–Trinajstić information content (AvgIpc) is 3.69. The van der Waals surface area contributed by atoms with Gasteiger partial charge in [-0.05, 0) is 100 Å². The monoisotopic (exact) mass is 639 g/mol. The summed E-state index contributed by atoms with van der Waals surface area (Å²) in [6.07, 6.45) is 10.1. The molecule has 1 amide bonds. The number of ketones is 1. The Labute approximate surface area is 271 Å². The molecule has 3 atom stereocenters. The number of rotatable bonds is 10. The van der Waals surface area contributed by atoms with Crippen LogP contribution in [0.1, 0.15) is 108 Å². The van der Waals surface area contributed by atoms with E-state index < -0.39 is 30.2 Å². The molecule has 1 unspecified atom stereocenters. The van der Waals surface area contributed by atoms with E-state index in [1.807, 2.05) is 24.0 Å². The van der Waals surface area contributed by atoms with Crippen LogP contribution in [0.5, 0.6) is 0 Å². The SMILES string of the molecule is CC(CF)C1CCC(C(=O)N2CC[C@@H](C3CCCCC3)[C@H]2C(=O)Cc2ccc3oc(C(=O)OCOC(=O)C(C)(C)C)cc3c2)CC1. The number of halogens is 1. The zero-order chi connectivity index (χ0) is 33.0. The summed E-state index contributed by atoms with van der Waals surface area (Å²) in [6, 6.07) is 6.54. The molecule has 252 valence electrons. The minimum Gasteiger partial charge on any atom is -0.449 e. The molecule has 2 aliphatic carbocycles. The maximum absolute atomic E-state index is 14.2. The standard InChI is InChI=1S/C37H50FNO7/c1-23(21-38)25-11-13-27(14-12-25)34(41)39-17-16-29(26-8-6-5-7-9-26)33(39)30(40)19-24-10-15-31-28(18-24)20-32(46-31)35(42)44-22-45-36(43)37(2,3)4/h10,15,18,20,23,25-27,29,33H,5-9,11-14,16-17,19,21-22H2,1-4H3/t23?,25?,27?,29-,33-/m0/s1. The molecule has 1 aliphatic heterocycles. The predicted octanol–water partition coefficient (Wildman–Crippen LogP) is 7.46. The highest BCUT2D eigenvalue weighted by atomic mass is 19.1. The van der Waals surface area contributed by atoms with E-state index >= 15 is 0 Å². The molecule has 0 N–H and O–H groups in total. The van der Waals surface area contributed by atoms with Crippen molar-refractivity contribution in [1.82, 2.24) is 4.90 Å². The molecule has 1 aromatic heterocycles. The van der Waals surface area contributed by atoms with Gasteiger partial charge in [0.2, 0.25) is 18.5 Å². The van der Waals surface area contributed by atoms with E-state index in [-0.39, 0.29) is 48.3 Å². The third-order valence-corrected chi connectivity index (χ3v) is 10.6. The Balaban J connectivity index is 1.27. The average molecular weight is 640 g/mol. The van der Waals surface area contributed by atoms with Crippen molar-refractivity contribution < 1.29 is 37.5 Å². The summed E-state index contributed by atoms with van der Waals surface area (Å²) in [5, 5.41) is 0.659. The number of alkyl halides is 1. The lowest BCUT2D eigenvalue weighted by atomic mass is 9.74. The molecule has 0 bridgehead atoms. The smallest absolute Gasteiger partial charge is 0.377 e. The lowest BCUT2D eigenvalue weighted by Crippen LogP contribution is -2.48. The van der Waals surface area contributed by atoms with Gasteiger partial charge in [0, 0.05) is 24.3 Å². The number of likely N-dealkylation sites (tertiary alicyclic amines) is 1. The molecular formula is C37H50FNO7. The highest BCUT2D eigenvalue weighted by Crippen LogP contribution is 2.42. The zero-order valence-corrected chi connectivity index (χ0v) is 27.9. The van der Waals surface area contributed by atoms with E-state index in [2.05, 4.69) is 0 Å². The van der Waals surface area contributed by atoms with Crippen LogP contribution in [0, 0.1) is 35.0 Å². The van der Waals surface area contributed by atoms with Gasteiger partial charge < -0.3 is 18.8 Å². The summed E-state index contributed by atoms with van der Waals surface area (Å²) in [7, 11) is 0. The topological polar surface area (TPSA) is 103 Å². The van der Waals surface area contributed by atoms with E-state index in [1.165, 1.54) is 19.3 Å². The Kier molecular flexibility index (Phi) is 10.9. The number of furan rings is 1. The third-order valence-electron chi connectivity index (χ3n) is 10.6. The number of nitrogens with zero attached hydrogens (tertiary/aromatic N) is 1. The van der Waals surface area contributed by atoms with Crippen molar-refractivity contribution in [2.75, 3.05) is 20.0 Å². The van der Waals surface area contributed by atoms with Crippen LogP contribution in [-0.2, 0) is 30.3 Å². The number of Topliss-reactive ketones (excluding diaryl/α,β-unsaturated/α-hetero) is 1. The first-order valence-corrected chi connectivity index (χ1v) is 17.2. The fourth-order valence-corrected chi connectivity index (χ4v) is 7.86. The summed E-state index contributed by atoms with van der Waals surface area (Å²) in [5.74, 6) is -0.213. The van der Waals surface area contributed by atoms with Crippen LogP contribution in [0.2, 0.25) is 0 Å². The number of fused-ring (bicyclic) bond motifs is 1. The molecule has 2 heterocycles. The second-order valence-corrected chi connectivity index (χ2v) is 14.9. The Morgan fingerprint density at radius 1 is 0.957 bits per heavy atom. The molecule has 0 radical (unpaired) electrons. The van der Waals surface area contributed by atoms with Crippen LogP contribution in [0.4, 0.5) is 4.39 Å². The molecule has 0 spiro atoms. The molecule has 8 nitrogen and oxygen atoms in total. The fourth-order valence-electron chi connectivity index (χ4n) is 7.86. The first-order chi connectivity index (χ1) is 22.0. The van der Waals surface area contributed by atoms with Gasteiger partial charge in [0.1, 0.15) is 5.58 Å². The highest BCUT2D eigenvalue weighted by Gasteiger charge is 2.46. The minimum absolute atomic E-state index is 0.0224. The van der Waals surface area contributed by atoms with Crippen LogP contribution >= 0.6 is 0 Å². The number of benzene rings is 1. The van der Waals surface area contributed by atoms with Gasteiger partial charge in [-0.15, -0.1) is 0 Å². The van der Waals surface area contributed by atoms with Gasteiger partial charge in [-0.3, -0.25) is 18.8 Å². The molecular weight excluding hydrogens is 589 g/mol. The second-order valence-electron chi connectivity index (χ2n) is 14.9. The molecule has 5 rings (SSSR count). The number of hydrogen-bond acceptors (Lipinski definition) is 7. The lowest BCUT2D eigenvalue weighted by Gasteiger charge is -2.37. The number of carbonyl (C=O) groups excluding carboxylic acids is 4. The van der Waals surface area contributed by atoms with Crippen molar-refractivity contribution in [2.24, 2.45) is 35.0 Å². The van der Waals surface area contributed by atoms with Crippen LogP contribution < -0.4 is 0 Å². The van der Waals surface area contributed by atoms with Gasteiger partial charge in [0.15, 0.2) is 5.78 Å². The van der Waals surface area contributed by atoms with Crippen LogP contribution in [0.3, 0.4) is 0 Å². The summed E-state index contributed by atoms with van der Waals surface area (Å²) < 4.78 is 29.1. The van der Waals surface area contributed by atoms with Crippen LogP contribution in [-0.4, -0.2) is 54.6 Å². The number of hydrogen-bond donors (Lipinski definition) is 0. The van der Waals surface area contributed by atoms with Gasteiger partial charge >= 0.3 is 11.9 Å². The summed E-state index contributed by atoms with van der Waals surface area (Å²) in [5.41, 5.74) is 0.554. The molecule has 2 aromatic rings. The van der Waals surface area contributed by atoms with E-state index in [0.717, 1.165) is 50.5 Å². The van der Waals surface area contributed by atoms with Crippen molar-refractivity contribution in [2.45, 2.75) is 104 Å². The van der Waals surface area contributed by atoms with Gasteiger partial charge in [-0.1, -0.05) is 45.1 Å². The molecule has 3 aliphatic rings. The number of carbonyl (C=O) groups is 4. The van der Waals surface area contributed by atoms with Gasteiger partial charge in [0.05, 0.1) is 18.1 Å². The van der Waals surface area contributed by atoms with Crippen molar-refractivity contribution in [1.29, 1.82) is 0 Å². The van der Waals surface area contributed by atoms with E-state index in [9.17, 15) is 23.6 Å². The number of esters is 2. The lowest BCUT2D eigenvalue weighted by molar-refractivity contribution is -0.161. The van der Waals surface area contributed by atoms with Crippen molar-refractivity contribution in [3.05, 3.63) is 35.6 Å². The first kappa shape index (κ1) is 34.1. The Bertz CT molecular complexity index is 1400. The normalized spacial score (nSPS) is 24.9. The number of amides is 1. The molecule has 3 fully saturated rings. The summed E-state index contributed by atoms with van der Waals surface area (Å²) in [6.45, 7) is 6.87. The van der Waals surface area contributed by atoms with Crippen molar-refractivity contribution in [3.63, 3.8) is 0 Å². The molecule has 1 aromatic carbocycles.